The van der Waals surface area contributed by atoms with Crippen molar-refractivity contribution in [2.24, 2.45) is 0 Å². The quantitative estimate of drug-likeness (QED) is 0.368. The standard InChI is InChI=1S/Al.ClH.Fe.Na.4H/h;1H;;;;;;. The molecule has 0 aliphatic heterocycles. The van der Waals surface area contributed by atoms with Gasteiger partial charge in [0.2, 0.25) is 0 Å². The van der Waals surface area contributed by atoms with E-state index >= 15 is 0 Å². The molecule has 0 spiro atoms. The molecule has 0 N–H and O–H groups in total. The fraction of sp³-hybridized carbons (Fsp3) is 0. The SMILES string of the molecule is Cl.[AlH3].[Fe].[NaH]. The molecule has 4 heavy (non-hydrogen) atoms. The Morgan fingerprint density at radius 1 is 1.00 bits per heavy atom. The van der Waals surface area contributed by atoms with Gasteiger partial charge in [0.25, 0.3) is 0 Å². The van der Waals surface area contributed by atoms with Crippen LogP contribution in [0.4, 0.5) is 0 Å². The van der Waals surface area contributed by atoms with E-state index in [1.807, 2.05) is 0 Å². The molecule has 0 saturated carbocycles. The van der Waals surface area contributed by atoms with Crippen LogP contribution in [-0.4, -0.2) is 46.9 Å². The third kappa shape index (κ3) is 8.84. The van der Waals surface area contributed by atoms with E-state index < -0.39 is 0 Å². The number of hydrogen-bond donors (Lipinski definition) is 0. The molecule has 0 aliphatic carbocycles. The van der Waals surface area contributed by atoms with Gasteiger partial charge in [-0.15, -0.1) is 12.4 Å². The molecule has 0 rings (SSSR count). The topological polar surface area (TPSA) is 0 Å². The van der Waals surface area contributed by atoms with Crippen molar-refractivity contribution in [1.82, 2.24) is 0 Å². The first-order chi connectivity index (χ1) is 0. The van der Waals surface area contributed by atoms with Crippen molar-refractivity contribution in [2.45, 2.75) is 0 Å². The molecular weight excluding hydrogens is 141 g/mol. The summed E-state index contributed by atoms with van der Waals surface area (Å²) < 4.78 is 0. The van der Waals surface area contributed by atoms with Gasteiger partial charge in [-0.3, -0.25) is 0 Å². The van der Waals surface area contributed by atoms with Gasteiger partial charge in [-0.05, 0) is 0 Å². The first-order valence-corrected chi connectivity index (χ1v) is 0. The molecule has 0 saturated heterocycles. The van der Waals surface area contributed by atoms with E-state index in [9.17, 15) is 0 Å². The van der Waals surface area contributed by atoms with E-state index in [1.165, 1.54) is 0 Å². The maximum atomic E-state index is 0. The molecule has 0 amide bonds. The zero-order chi connectivity index (χ0) is 0. The Bertz CT molecular complexity index is 8.00. The van der Waals surface area contributed by atoms with E-state index in [2.05, 4.69) is 0 Å². The second kappa shape index (κ2) is 18.4. The van der Waals surface area contributed by atoms with Crippen LogP contribution >= 0.6 is 12.4 Å². The van der Waals surface area contributed by atoms with Gasteiger partial charge in [0.15, 0.2) is 17.4 Å². The number of hydrogen-bond acceptors (Lipinski definition) is 0. The monoisotopic (exact) mass is 146 g/mol. The third-order valence-corrected chi connectivity index (χ3v) is 0. The summed E-state index contributed by atoms with van der Waals surface area (Å²) in [5, 5.41) is 0. The normalized spacial score (nSPS) is 0. The van der Waals surface area contributed by atoms with Gasteiger partial charge in [-0.2, -0.15) is 0 Å². The summed E-state index contributed by atoms with van der Waals surface area (Å²) >= 11 is 0. The van der Waals surface area contributed by atoms with E-state index in [0.29, 0.717) is 0 Å². The van der Waals surface area contributed by atoms with Crippen LogP contribution in [0.15, 0.2) is 0 Å². The molecule has 4 heteroatoms. The van der Waals surface area contributed by atoms with Gasteiger partial charge in [0.05, 0.1) is 0 Å². The van der Waals surface area contributed by atoms with Crippen LogP contribution < -0.4 is 0 Å². The molecule has 0 unspecified atom stereocenters. The van der Waals surface area contributed by atoms with E-state index in [-0.39, 0.29) is 76.4 Å². The predicted octanol–water partition coefficient (Wildman–Crippen LogP) is -1.41. The van der Waals surface area contributed by atoms with E-state index in [0.717, 1.165) is 0 Å². The fourth-order valence-corrected chi connectivity index (χ4v) is 0. The van der Waals surface area contributed by atoms with E-state index in [1.54, 1.807) is 0 Å². The molecule has 0 aromatic rings. The molecular formula is H5AlClFeNa. The van der Waals surface area contributed by atoms with Crippen molar-refractivity contribution >= 4 is 59.3 Å². The number of halogens is 1. The second-order valence-corrected chi connectivity index (χ2v) is 0. The molecule has 0 bridgehead atoms. The van der Waals surface area contributed by atoms with Gasteiger partial charge in [-0.1, -0.05) is 0 Å². The minimum atomic E-state index is 0. The summed E-state index contributed by atoms with van der Waals surface area (Å²) in [5.41, 5.74) is 0. The van der Waals surface area contributed by atoms with Gasteiger partial charge < -0.3 is 0 Å². The average molecular weight is 146 g/mol. The van der Waals surface area contributed by atoms with Crippen molar-refractivity contribution in [3.63, 3.8) is 0 Å². The minimum absolute atomic E-state index is 0. The summed E-state index contributed by atoms with van der Waals surface area (Å²) in [4.78, 5) is 0. The molecule has 0 atom stereocenters. The molecule has 0 fully saturated rings. The Labute approximate surface area is 75.4 Å². The Balaban J connectivity index is 0. The summed E-state index contributed by atoms with van der Waals surface area (Å²) in [6.07, 6.45) is 0. The molecule has 24 valence electrons. The molecule has 0 heterocycles. The van der Waals surface area contributed by atoms with Crippen LogP contribution in [0.25, 0.3) is 0 Å². The molecule has 0 aromatic heterocycles. The third-order valence-electron chi connectivity index (χ3n) is 0. The summed E-state index contributed by atoms with van der Waals surface area (Å²) in [6.45, 7) is 0. The van der Waals surface area contributed by atoms with Crippen molar-refractivity contribution in [3.05, 3.63) is 0 Å². The van der Waals surface area contributed by atoms with Gasteiger partial charge in [0, 0.05) is 17.1 Å². The van der Waals surface area contributed by atoms with Crippen molar-refractivity contribution < 1.29 is 17.1 Å². The molecule has 0 aromatic carbocycles. The predicted molar refractivity (Wildman–Crippen MR) is 24.3 cm³/mol. The number of rotatable bonds is 0. The zero-order valence-corrected chi connectivity index (χ0v) is 2.68. The second-order valence-electron chi connectivity index (χ2n) is 0. The first kappa shape index (κ1) is 33.0. The van der Waals surface area contributed by atoms with Crippen LogP contribution in [0, 0.1) is 0 Å². The van der Waals surface area contributed by atoms with Gasteiger partial charge in [0.1, 0.15) is 0 Å². The van der Waals surface area contributed by atoms with Crippen LogP contribution in [-0.2, 0) is 17.1 Å². The van der Waals surface area contributed by atoms with Crippen molar-refractivity contribution in [1.29, 1.82) is 0 Å². The van der Waals surface area contributed by atoms with Gasteiger partial charge >= 0.3 is 29.6 Å². The summed E-state index contributed by atoms with van der Waals surface area (Å²) in [6, 6.07) is 0. The first-order valence-electron chi connectivity index (χ1n) is 0. The van der Waals surface area contributed by atoms with Crippen LogP contribution in [0.5, 0.6) is 0 Å². The van der Waals surface area contributed by atoms with Crippen molar-refractivity contribution in [3.8, 4) is 0 Å². The molecule has 0 radical (unpaired) electrons. The Morgan fingerprint density at radius 3 is 1.00 bits per heavy atom. The fourth-order valence-electron chi connectivity index (χ4n) is 0. The zero-order valence-electron chi connectivity index (χ0n) is 0.762. The maximum absolute atomic E-state index is 0. The van der Waals surface area contributed by atoms with Gasteiger partial charge in [-0.25, -0.2) is 0 Å². The molecule has 0 aliphatic rings. The summed E-state index contributed by atoms with van der Waals surface area (Å²) in [7, 11) is 0. The van der Waals surface area contributed by atoms with Crippen LogP contribution in [0.2, 0.25) is 0 Å². The van der Waals surface area contributed by atoms with Crippen LogP contribution in [0.3, 0.4) is 0 Å². The van der Waals surface area contributed by atoms with Crippen molar-refractivity contribution in [2.75, 3.05) is 0 Å². The van der Waals surface area contributed by atoms with Crippen LogP contribution in [0.1, 0.15) is 0 Å². The summed E-state index contributed by atoms with van der Waals surface area (Å²) in [5.74, 6) is 0. The Kier molecular flexibility index (Phi) is 151. The Hall–Kier alpha value is 2.34. The molecule has 0 nitrogen and oxygen atoms in total. The Morgan fingerprint density at radius 2 is 1.00 bits per heavy atom. The average Bonchev–Trinajstić information content (AvgIpc) is 0. The van der Waals surface area contributed by atoms with E-state index in [4.69, 9.17) is 0 Å².